The molecule has 1 fully saturated rings. The fraction of sp³-hybridized carbons (Fsp3) is 0.417. The summed E-state index contributed by atoms with van der Waals surface area (Å²) in [5, 5.41) is 5.55. The Kier molecular flexibility index (Phi) is 7.19. The smallest absolute Gasteiger partial charge is 0.315 e. The number of benzene rings is 2. The van der Waals surface area contributed by atoms with Crippen molar-refractivity contribution in [2.24, 2.45) is 0 Å². The first-order valence-electron chi connectivity index (χ1n) is 11.1. The van der Waals surface area contributed by atoms with Gasteiger partial charge in [0.15, 0.2) is 11.5 Å². The van der Waals surface area contributed by atoms with Gasteiger partial charge in [-0.25, -0.2) is 4.79 Å². The van der Waals surface area contributed by atoms with Crippen molar-refractivity contribution in [1.29, 1.82) is 0 Å². The Morgan fingerprint density at radius 2 is 1.73 bits per heavy atom. The molecule has 0 aliphatic carbocycles. The third-order valence-electron chi connectivity index (χ3n) is 5.36. The van der Waals surface area contributed by atoms with Gasteiger partial charge >= 0.3 is 6.03 Å². The number of fused-ring (bicyclic) bond motifs is 1. The normalized spacial score (nSPS) is 19.2. The van der Waals surface area contributed by atoms with Gasteiger partial charge in [0.25, 0.3) is 5.91 Å². The Bertz CT molecular complexity index is 971. The van der Waals surface area contributed by atoms with E-state index in [-0.39, 0.29) is 30.9 Å². The van der Waals surface area contributed by atoms with Crippen LogP contribution in [-0.4, -0.2) is 62.1 Å². The van der Waals surface area contributed by atoms with Crippen molar-refractivity contribution in [3.63, 3.8) is 0 Å². The fourth-order valence-electron chi connectivity index (χ4n) is 3.84. The standard InChI is InChI=1S/C24H29N3O6/c1-16-13-27(14-17(2)33-16)23(28)19-5-3-18(4-6-19)12-26-24(29)25-9-10-30-20-7-8-21-22(11-20)32-15-31-21/h3-8,11,16-17H,9-10,12-15H2,1-2H3,(H2,25,26,29). The molecule has 2 N–H and O–H groups in total. The number of carbonyl (C=O) groups is 2. The van der Waals surface area contributed by atoms with Crippen LogP contribution < -0.4 is 24.8 Å². The van der Waals surface area contributed by atoms with Gasteiger partial charge in [0.2, 0.25) is 6.79 Å². The molecule has 2 aromatic rings. The van der Waals surface area contributed by atoms with E-state index in [1.165, 1.54) is 0 Å². The van der Waals surface area contributed by atoms with Crippen LogP contribution in [0.15, 0.2) is 42.5 Å². The SMILES string of the molecule is CC1CN(C(=O)c2ccc(CNC(=O)NCCOc3ccc4c(c3)OCO4)cc2)CC(C)O1. The molecular weight excluding hydrogens is 426 g/mol. The minimum absolute atomic E-state index is 0.00304. The molecule has 0 spiro atoms. The molecule has 2 heterocycles. The van der Waals surface area contributed by atoms with Crippen molar-refractivity contribution >= 4 is 11.9 Å². The van der Waals surface area contributed by atoms with Gasteiger partial charge in [-0.1, -0.05) is 12.1 Å². The van der Waals surface area contributed by atoms with E-state index in [2.05, 4.69) is 10.6 Å². The lowest BCUT2D eigenvalue weighted by Gasteiger charge is -2.35. The zero-order valence-corrected chi connectivity index (χ0v) is 18.8. The maximum Gasteiger partial charge on any atom is 0.315 e. The number of hydrogen-bond acceptors (Lipinski definition) is 6. The zero-order chi connectivity index (χ0) is 23.2. The van der Waals surface area contributed by atoms with Crippen LogP contribution in [0.2, 0.25) is 0 Å². The Morgan fingerprint density at radius 1 is 1.00 bits per heavy atom. The number of hydrogen-bond donors (Lipinski definition) is 2. The molecule has 2 aromatic carbocycles. The number of carbonyl (C=O) groups excluding carboxylic acids is 2. The Balaban J connectivity index is 1.16. The molecule has 0 aromatic heterocycles. The number of amides is 3. The molecule has 0 saturated carbocycles. The molecule has 176 valence electrons. The monoisotopic (exact) mass is 455 g/mol. The molecule has 2 unspecified atom stereocenters. The quantitative estimate of drug-likeness (QED) is 0.623. The largest absolute Gasteiger partial charge is 0.492 e. The second-order valence-electron chi connectivity index (χ2n) is 8.14. The van der Waals surface area contributed by atoms with Gasteiger partial charge in [0, 0.05) is 31.3 Å². The van der Waals surface area contributed by atoms with E-state index >= 15 is 0 Å². The predicted molar refractivity (Wildman–Crippen MR) is 121 cm³/mol. The molecule has 3 amide bonds. The van der Waals surface area contributed by atoms with E-state index in [1.807, 2.05) is 30.9 Å². The third kappa shape index (κ3) is 6.07. The first kappa shape index (κ1) is 22.7. The molecule has 33 heavy (non-hydrogen) atoms. The van der Waals surface area contributed by atoms with Crippen LogP contribution in [0.3, 0.4) is 0 Å². The highest BCUT2D eigenvalue weighted by Gasteiger charge is 2.26. The summed E-state index contributed by atoms with van der Waals surface area (Å²) in [6.07, 6.45) is 0.0595. The van der Waals surface area contributed by atoms with Crippen molar-refractivity contribution < 1.29 is 28.5 Å². The maximum atomic E-state index is 12.7. The average Bonchev–Trinajstić information content (AvgIpc) is 3.28. The number of nitrogens with zero attached hydrogens (tertiary/aromatic N) is 1. The zero-order valence-electron chi connectivity index (χ0n) is 18.8. The number of morpholine rings is 1. The molecule has 2 atom stereocenters. The fourth-order valence-corrected chi connectivity index (χ4v) is 3.84. The van der Waals surface area contributed by atoms with E-state index in [9.17, 15) is 9.59 Å². The van der Waals surface area contributed by atoms with Crippen molar-refractivity contribution in [2.45, 2.75) is 32.6 Å². The number of ether oxygens (including phenoxy) is 4. The highest BCUT2D eigenvalue weighted by molar-refractivity contribution is 5.94. The molecule has 0 bridgehead atoms. The molecule has 2 aliphatic rings. The first-order chi connectivity index (χ1) is 16.0. The lowest BCUT2D eigenvalue weighted by atomic mass is 10.1. The molecule has 9 heteroatoms. The van der Waals surface area contributed by atoms with Crippen molar-refractivity contribution in [1.82, 2.24) is 15.5 Å². The average molecular weight is 456 g/mol. The van der Waals surface area contributed by atoms with Gasteiger partial charge in [0.05, 0.1) is 18.8 Å². The van der Waals surface area contributed by atoms with Crippen molar-refractivity contribution in [3.05, 3.63) is 53.6 Å². The summed E-state index contributed by atoms with van der Waals surface area (Å²) in [5.41, 5.74) is 1.53. The van der Waals surface area contributed by atoms with Gasteiger partial charge in [-0.2, -0.15) is 0 Å². The summed E-state index contributed by atoms with van der Waals surface area (Å²) >= 11 is 0. The number of nitrogens with one attached hydrogen (secondary N) is 2. The third-order valence-corrected chi connectivity index (χ3v) is 5.36. The van der Waals surface area contributed by atoms with Gasteiger partial charge in [-0.05, 0) is 43.7 Å². The minimum Gasteiger partial charge on any atom is -0.492 e. The second kappa shape index (κ2) is 10.4. The van der Waals surface area contributed by atoms with Crippen LogP contribution in [0.4, 0.5) is 4.79 Å². The van der Waals surface area contributed by atoms with Crippen LogP contribution in [-0.2, 0) is 11.3 Å². The maximum absolute atomic E-state index is 12.7. The highest BCUT2D eigenvalue weighted by Crippen LogP contribution is 2.34. The molecule has 4 rings (SSSR count). The summed E-state index contributed by atoms with van der Waals surface area (Å²) in [6, 6.07) is 12.3. The summed E-state index contributed by atoms with van der Waals surface area (Å²) in [7, 11) is 0. The summed E-state index contributed by atoms with van der Waals surface area (Å²) in [5.74, 6) is 2.00. The lowest BCUT2D eigenvalue weighted by Crippen LogP contribution is -2.48. The Morgan fingerprint density at radius 3 is 2.48 bits per heavy atom. The Hall–Kier alpha value is -3.46. The number of rotatable bonds is 7. The van der Waals surface area contributed by atoms with E-state index < -0.39 is 0 Å². The van der Waals surface area contributed by atoms with Gasteiger partial charge < -0.3 is 34.5 Å². The lowest BCUT2D eigenvalue weighted by molar-refractivity contribution is -0.0586. The van der Waals surface area contributed by atoms with Gasteiger partial charge in [-0.3, -0.25) is 4.79 Å². The Labute approximate surface area is 192 Å². The van der Waals surface area contributed by atoms with Gasteiger partial charge in [0.1, 0.15) is 12.4 Å². The minimum atomic E-state index is -0.291. The van der Waals surface area contributed by atoms with Gasteiger partial charge in [-0.15, -0.1) is 0 Å². The molecule has 1 saturated heterocycles. The van der Waals surface area contributed by atoms with Crippen LogP contribution >= 0.6 is 0 Å². The molecule has 0 radical (unpaired) electrons. The van der Waals surface area contributed by atoms with Crippen LogP contribution in [0, 0.1) is 0 Å². The van der Waals surface area contributed by atoms with E-state index in [4.69, 9.17) is 18.9 Å². The molecule has 9 nitrogen and oxygen atoms in total. The first-order valence-corrected chi connectivity index (χ1v) is 11.1. The topological polar surface area (TPSA) is 98.4 Å². The van der Waals surface area contributed by atoms with E-state index in [0.29, 0.717) is 55.6 Å². The van der Waals surface area contributed by atoms with Crippen LogP contribution in [0.5, 0.6) is 17.2 Å². The highest BCUT2D eigenvalue weighted by atomic mass is 16.7. The van der Waals surface area contributed by atoms with Crippen LogP contribution in [0.1, 0.15) is 29.8 Å². The van der Waals surface area contributed by atoms with Crippen molar-refractivity contribution in [2.75, 3.05) is 33.0 Å². The molecular formula is C24H29N3O6. The summed E-state index contributed by atoms with van der Waals surface area (Å²) < 4.78 is 21.9. The van der Waals surface area contributed by atoms with E-state index in [1.54, 1.807) is 30.3 Å². The summed E-state index contributed by atoms with van der Waals surface area (Å²) in [4.78, 5) is 26.6. The van der Waals surface area contributed by atoms with Crippen molar-refractivity contribution in [3.8, 4) is 17.2 Å². The predicted octanol–water partition coefficient (Wildman–Crippen LogP) is 2.54. The number of urea groups is 1. The van der Waals surface area contributed by atoms with Crippen LogP contribution in [0.25, 0.3) is 0 Å². The molecule has 2 aliphatic heterocycles. The summed E-state index contributed by atoms with van der Waals surface area (Å²) in [6.45, 7) is 6.36. The van der Waals surface area contributed by atoms with E-state index in [0.717, 1.165) is 5.56 Å². The second-order valence-corrected chi connectivity index (χ2v) is 8.14.